The van der Waals surface area contributed by atoms with Gasteiger partial charge in [-0.05, 0) is 19.1 Å². The quantitative estimate of drug-likeness (QED) is 0.491. The highest BCUT2D eigenvalue weighted by Crippen LogP contribution is 2.20. The van der Waals surface area contributed by atoms with E-state index in [-0.39, 0.29) is 23.6 Å². The normalized spacial score (nSPS) is 14.1. The molecule has 0 heterocycles. The number of rotatable bonds is 4. The van der Waals surface area contributed by atoms with E-state index in [1.807, 2.05) is 0 Å². The summed E-state index contributed by atoms with van der Waals surface area (Å²) in [4.78, 5) is 11.6. The zero-order valence-corrected chi connectivity index (χ0v) is 9.34. The van der Waals surface area contributed by atoms with Gasteiger partial charge in [-0.1, -0.05) is 0 Å². The highest BCUT2D eigenvalue weighted by molar-refractivity contribution is 5.95. The van der Waals surface area contributed by atoms with Crippen LogP contribution in [0, 0.1) is 0 Å². The Kier molecular flexibility index (Phi) is 3.93. The van der Waals surface area contributed by atoms with Crippen molar-refractivity contribution in [1.82, 2.24) is 5.32 Å². The van der Waals surface area contributed by atoms with E-state index in [9.17, 15) is 20.1 Å². The van der Waals surface area contributed by atoms with E-state index >= 15 is 0 Å². The van der Waals surface area contributed by atoms with Crippen LogP contribution in [-0.2, 0) is 0 Å². The second-order valence-corrected chi connectivity index (χ2v) is 4.08. The van der Waals surface area contributed by atoms with E-state index in [0.29, 0.717) is 0 Å². The lowest BCUT2D eigenvalue weighted by atomic mass is 10.1. The van der Waals surface area contributed by atoms with Gasteiger partial charge in [0.05, 0.1) is 6.61 Å². The average Bonchev–Trinajstić information content (AvgIpc) is 2.24. The van der Waals surface area contributed by atoms with Crippen molar-refractivity contribution in [3.8, 4) is 11.5 Å². The van der Waals surface area contributed by atoms with Crippen LogP contribution in [0.1, 0.15) is 17.3 Å². The largest absolute Gasteiger partial charge is 0.508 e. The van der Waals surface area contributed by atoms with Crippen LogP contribution in [0.25, 0.3) is 0 Å². The Morgan fingerprint density at radius 2 is 1.82 bits per heavy atom. The van der Waals surface area contributed by atoms with Crippen molar-refractivity contribution in [2.24, 2.45) is 0 Å². The van der Waals surface area contributed by atoms with Crippen LogP contribution < -0.4 is 5.32 Å². The smallest absolute Gasteiger partial charge is 0.251 e. The molecule has 0 fully saturated rings. The summed E-state index contributed by atoms with van der Waals surface area (Å²) in [7, 11) is 0. The maximum atomic E-state index is 11.6. The van der Waals surface area contributed by atoms with Gasteiger partial charge in [0.2, 0.25) is 0 Å². The molecule has 0 saturated heterocycles. The SMILES string of the molecule is CC(O)(CO)CNC(=O)c1cc(O)cc(O)c1. The molecule has 6 nitrogen and oxygen atoms in total. The van der Waals surface area contributed by atoms with Gasteiger partial charge in [0.25, 0.3) is 5.91 Å². The molecule has 0 aliphatic rings. The third-order valence-corrected chi connectivity index (χ3v) is 2.14. The molecule has 1 unspecified atom stereocenters. The molecule has 0 radical (unpaired) electrons. The second kappa shape index (κ2) is 5.03. The number of aliphatic hydroxyl groups excluding tert-OH is 1. The van der Waals surface area contributed by atoms with E-state index < -0.39 is 18.1 Å². The molecule has 0 saturated carbocycles. The van der Waals surface area contributed by atoms with Crippen molar-refractivity contribution in [2.45, 2.75) is 12.5 Å². The zero-order valence-electron chi connectivity index (χ0n) is 9.34. The van der Waals surface area contributed by atoms with Crippen LogP contribution in [0.2, 0.25) is 0 Å². The number of carbonyl (C=O) groups excluding carboxylic acids is 1. The Balaban J connectivity index is 2.70. The van der Waals surface area contributed by atoms with Crippen LogP contribution in [0.4, 0.5) is 0 Å². The third-order valence-electron chi connectivity index (χ3n) is 2.14. The summed E-state index contributed by atoms with van der Waals surface area (Å²) in [5.74, 6) is -1.03. The molecule has 0 aromatic heterocycles. The van der Waals surface area contributed by atoms with Gasteiger partial charge < -0.3 is 25.7 Å². The minimum absolute atomic E-state index is 0.0660. The van der Waals surface area contributed by atoms with Crippen LogP contribution in [0.15, 0.2) is 18.2 Å². The summed E-state index contributed by atoms with van der Waals surface area (Å²) in [5.41, 5.74) is -1.34. The van der Waals surface area contributed by atoms with E-state index in [4.69, 9.17) is 5.11 Å². The van der Waals surface area contributed by atoms with Gasteiger partial charge in [0.15, 0.2) is 0 Å². The minimum atomic E-state index is -1.41. The first-order valence-corrected chi connectivity index (χ1v) is 4.98. The first-order chi connectivity index (χ1) is 7.84. The standard InChI is InChI=1S/C11H15NO5/c1-11(17,6-13)5-12-10(16)7-2-8(14)4-9(15)3-7/h2-4,13-15,17H,5-6H2,1H3,(H,12,16). The number of hydrogen-bond acceptors (Lipinski definition) is 5. The Bertz CT molecular complexity index is 396. The second-order valence-electron chi connectivity index (χ2n) is 4.08. The number of phenolic OH excluding ortho intramolecular Hbond substituents is 2. The molecule has 0 aliphatic carbocycles. The van der Waals surface area contributed by atoms with Crippen LogP contribution in [0.3, 0.4) is 0 Å². The maximum absolute atomic E-state index is 11.6. The summed E-state index contributed by atoms with van der Waals surface area (Å²) in [6, 6.07) is 3.46. The number of amides is 1. The monoisotopic (exact) mass is 241 g/mol. The number of carbonyl (C=O) groups is 1. The van der Waals surface area contributed by atoms with Crippen molar-refractivity contribution in [1.29, 1.82) is 0 Å². The molecule has 6 heteroatoms. The molecule has 0 aliphatic heterocycles. The van der Waals surface area contributed by atoms with E-state index in [1.54, 1.807) is 0 Å². The first kappa shape index (κ1) is 13.3. The number of aromatic hydroxyl groups is 2. The molecule has 5 N–H and O–H groups in total. The Labute approximate surface area is 98.1 Å². The molecular formula is C11H15NO5. The fourth-order valence-corrected chi connectivity index (χ4v) is 1.15. The molecule has 1 rings (SSSR count). The first-order valence-electron chi connectivity index (χ1n) is 4.98. The van der Waals surface area contributed by atoms with Gasteiger partial charge in [0, 0.05) is 18.2 Å². The molecule has 1 atom stereocenters. The molecule has 1 aromatic carbocycles. The average molecular weight is 241 g/mol. The topological polar surface area (TPSA) is 110 Å². The fourth-order valence-electron chi connectivity index (χ4n) is 1.15. The lowest BCUT2D eigenvalue weighted by Gasteiger charge is -2.20. The number of aliphatic hydroxyl groups is 2. The van der Waals surface area contributed by atoms with E-state index in [1.165, 1.54) is 19.1 Å². The number of benzene rings is 1. The highest BCUT2D eigenvalue weighted by atomic mass is 16.3. The Morgan fingerprint density at radius 1 is 1.29 bits per heavy atom. The maximum Gasteiger partial charge on any atom is 0.251 e. The van der Waals surface area contributed by atoms with Crippen LogP contribution in [-0.4, -0.2) is 45.1 Å². The minimum Gasteiger partial charge on any atom is -0.508 e. The number of phenols is 2. The molecular weight excluding hydrogens is 226 g/mol. The van der Waals surface area contributed by atoms with Gasteiger partial charge in [-0.2, -0.15) is 0 Å². The fraction of sp³-hybridized carbons (Fsp3) is 0.364. The number of hydrogen-bond donors (Lipinski definition) is 5. The highest BCUT2D eigenvalue weighted by Gasteiger charge is 2.20. The lowest BCUT2D eigenvalue weighted by Crippen LogP contribution is -2.43. The third kappa shape index (κ3) is 3.93. The predicted molar refractivity (Wildman–Crippen MR) is 59.8 cm³/mol. The molecule has 17 heavy (non-hydrogen) atoms. The van der Waals surface area contributed by atoms with Crippen molar-refractivity contribution in [3.05, 3.63) is 23.8 Å². The summed E-state index contributed by atoms with van der Waals surface area (Å²) in [6.45, 7) is 0.741. The molecule has 0 spiro atoms. The van der Waals surface area contributed by atoms with Crippen molar-refractivity contribution in [2.75, 3.05) is 13.2 Å². The van der Waals surface area contributed by atoms with E-state index in [0.717, 1.165) is 6.07 Å². The summed E-state index contributed by atoms with van der Waals surface area (Å²) in [6.07, 6.45) is 0. The molecule has 94 valence electrons. The summed E-state index contributed by atoms with van der Waals surface area (Å²) >= 11 is 0. The van der Waals surface area contributed by atoms with Crippen molar-refractivity contribution in [3.63, 3.8) is 0 Å². The molecule has 0 bridgehead atoms. The molecule has 1 aromatic rings. The van der Waals surface area contributed by atoms with Crippen LogP contribution >= 0.6 is 0 Å². The van der Waals surface area contributed by atoms with Crippen molar-refractivity contribution < 1.29 is 25.2 Å². The molecule has 1 amide bonds. The van der Waals surface area contributed by atoms with Gasteiger partial charge in [0.1, 0.15) is 17.1 Å². The summed E-state index contributed by atoms with van der Waals surface area (Å²) < 4.78 is 0. The van der Waals surface area contributed by atoms with Gasteiger partial charge in [-0.15, -0.1) is 0 Å². The summed E-state index contributed by atoms with van der Waals surface area (Å²) in [5, 5.41) is 39.0. The van der Waals surface area contributed by atoms with E-state index in [2.05, 4.69) is 5.32 Å². The number of nitrogens with one attached hydrogen (secondary N) is 1. The predicted octanol–water partition coefficient (Wildman–Crippen LogP) is -0.429. The van der Waals surface area contributed by atoms with Gasteiger partial charge in [-0.3, -0.25) is 4.79 Å². The zero-order chi connectivity index (χ0) is 13.1. The lowest BCUT2D eigenvalue weighted by molar-refractivity contribution is 0.00320. The van der Waals surface area contributed by atoms with Gasteiger partial charge >= 0.3 is 0 Å². The Morgan fingerprint density at radius 3 is 2.29 bits per heavy atom. The van der Waals surface area contributed by atoms with Crippen LogP contribution in [0.5, 0.6) is 11.5 Å². The van der Waals surface area contributed by atoms with Gasteiger partial charge in [-0.25, -0.2) is 0 Å². The van der Waals surface area contributed by atoms with Crippen molar-refractivity contribution >= 4 is 5.91 Å². The Hall–Kier alpha value is -1.79.